The number of carbonyl (C=O) groups excluding carboxylic acids is 2. The zero-order valence-corrected chi connectivity index (χ0v) is 17.1. The van der Waals surface area contributed by atoms with E-state index in [0.29, 0.717) is 19.1 Å². The van der Waals surface area contributed by atoms with Crippen molar-refractivity contribution in [1.82, 2.24) is 20.0 Å². The SMILES string of the molecule is COCCN1C(N2CCC(Cc3ccccc3)CC2)=NC2C1C(=O)NC(=O)N2C. The van der Waals surface area contributed by atoms with Crippen molar-refractivity contribution in [3.05, 3.63) is 35.9 Å². The zero-order chi connectivity index (χ0) is 20.4. The first-order valence-electron chi connectivity index (χ1n) is 10.3. The van der Waals surface area contributed by atoms with Crippen LogP contribution in [0, 0.1) is 5.92 Å². The largest absolute Gasteiger partial charge is 0.383 e. The highest BCUT2D eigenvalue weighted by Crippen LogP contribution is 2.28. The first-order valence-corrected chi connectivity index (χ1v) is 10.3. The van der Waals surface area contributed by atoms with Crippen molar-refractivity contribution in [3.63, 3.8) is 0 Å². The fourth-order valence-electron chi connectivity index (χ4n) is 4.49. The quantitative estimate of drug-likeness (QED) is 0.803. The molecule has 3 amide bonds. The number of nitrogens with zero attached hydrogens (tertiary/aromatic N) is 4. The van der Waals surface area contributed by atoms with Gasteiger partial charge in [-0.15, -0.1) is 0 Å². The molecule has 0 saturated carbocycles. The van der Waals surface area contributed by atoms with Crippen molar-refractivity contribution >= 4 is 17.9 Å². The number of hydrogen-bond acceptors (Lipinski definition) is 6. The summed E-state index contributed by atoms with van der Waals surface area (Å²) in [5.41, 5.74) is 1.38. The minimum atomic E-state index is -0.495. The number of ether oxygens (including phenoxy) is 1. The van der Waals surface area contributed by atoms with Crippen molar-refractivity contribution in [1.29, 1.82) is 0 Å². The first kappa shape index (κ1) is 19.7. The number of fused-ring (bicyclic) bond motifs is 1. The van der Waals surface area contributed by atoms with E-state index in [1.807, 2.05) is 4.90 Å². The average molecular weight is 399 g/mol. The number of urea groups is 1. The third kappa shape index (κ3) is 3.94. The number of rotatable bonds is 5. The van der Waals surface area contributed by atoms with Crippen molar-refractivity contribution < 1.29 is 14.3 Å². The molecular weight excluding hydrogens is 370 g/mol. The van der Waals surface area contributed by atoms with Gasteiger partial charge in [-0.25, -0.2) is 9.79 Å². The predicted octanol–water partition coefficient (Wildman–Crippen LogP) is 1.14. The van der Waals surface area contributed by atoms with E-state index in [1.54, 1.807) is 14.2 Å². The Balaban J connectivity index is 1.46. The normalized spacial score (nSPS) is 25.2. The minimum absolute atomic E-state index is 0.285. The minimum Gasteiger partial charge on any atom is -0.383 e. The van der Waals surface area contributed by atoms with Crippen molar-refractivity contribution in [2.45, 2.75) is 31.5 Å². The van der Waals surface area contributed by atoms with Gasteiger partial charge in [0, 0.05) is 33.8 Å². The van der Waals surface area contributed by atoms with Gasteiger partial charge in [0.05, 0.1) is 6.61 Å². The van der Waals surface area contributed by atoms with Gasteiger partial charge in [-0.2, -0.15) is 0 Å². The summed E-state index contributed by atoms with van der Waals surface area (Å²) in [6, 6.07) is 9.73. The molecule has 2 saturated heterocycles. The van der Waals surface area contributed by atoms with Gasteiger partial charge in [-0.1, -0.05) is 30.3 Å². The standard InChI is InChI=1S/C21H29N5O3/c1-24-18-17(19(27)23-21(24)28)26(12-13-29-2)20(22-18)25-10-8-16(9-11-25)14-15-6-4-3-5-7-15/h3-7,16-18H,8-14H2,1-2H3,(H,23,27,28). The number of likely N-dealkylation sites (N-methyl/N-ethyl adjacent to an activating group) is 1. The lowest BCUT2D eigenvalue weighted by molar-refractivity contribution is -0.127. The van der Waals surface area contributed by atoms with E-state index in [9.17, 15) is 9.59 Å². The summed E-state index contributed by atoms with van der Waals surface area (Å²) in [6.45, 7) is 2.87. The monoisotopic (exact) mass is 399 g/mol. The number of likely N-dealkylation sites (tertiary alicyclic amines) is 1. The van der Waals surface area contributed by atoms with Gasteiger partial charge in [0.1, 0.15) is 0 Å². The fourth-order valence-corrected chi connectivity index (χ4v) is 4.49. The van der Waals surface area contributed by atoms with E-state index in [-0.39, 0.29) is 5.91 Å². The first-order chi connectivity index (χ1) is 14.1. The van der Waals surface area contributed by atoms with Gasteiger partial charge in [0.25, 0.3) is 5.91 Å². The Bertz CT molecular complexity index is 776. The van der Waals surface area contributed by atoms with Crippen LogP contribution < -0.4 is 5.32 Å². The third-order valence-electron chi connectivity index (χ3n) is 6.14. The molecule has 0 aromatic heterocycles. The summed E-state index contributed by atoms with van der Waals surface area (Å²) in [7, 11) is 3.34. The summed E-state index contributed by atoms with van der Waals surface area (Å²) >= 11 is 0. The maximum absolute atomic E-state index is 12.6. The number of amides is 3. The Morgan fingerprint density at radius 2 is 1.90 bits per heavy atom. The molecule has 29 heavy (non-hydrogen) atoms. The van der Waals surface area contributed by atoms with Crippen LogP contribution in [-0.2, 0) is 16.0 Å². The van der Waals surface area contributed by atoms with E-state index >= 15 is 0 Å². The lowest BCUT2D eigenvalue weighted by atomic mass is 9.90. The number of imide groups is 1. The van der Waals surface area contributed by atoms with E-state index in [0.717, 1.165) is 38.3 Å². The molecule has 4 rings (SSSR count). The molecule has 0 radical (unpaired) electrons. The van der Waals surface area contributed by atoms with Crippen LogP contribution in [-0.4, -0.2) is 85.2 Å². The predicted molar refractivity (Wildman–Crippen MR) is 109 cm³/mol. The highest BCUT2D eigenvalue weighted by atomic mass is 16.5. The molecule has 0 spiro atoms. The Kier molecular flexibility index (Phi) is 5.71. The number of benzene rings is 1. The van der Waals surface area contributed by atoms with Gasteiger partial charge in [0.2, 0.25) is 0 Å². The second-order valence-corrected chi connectivity index (χ2v) is 8.00. The summed E-state index contributed by atoms with van der Waals surface area (Å²) in [5, 5.41) is 2.44. The van der Waals surface area contributed by atoms with Crippen LogP contribution in [0.1, 0.15) is 18.4 Å². The van der Waals surface area contributed by atoms with Crippen LogP contribution in [0.5, 0.6) is 0 Å². The lowest BCUT2D eigenvalue weighted by Gasteiger charge is -2.39. The van der Waals surface area contributed by atoms with Crippen LogP contribution in [0.3, 0.4) is 0 Å². The molecule has 3 aliphatic rings. The van der Waals surface area contributed by atoms with Gasteiger partial charge in [-0.05, 0) is 30.7 Å². The van der Waals surface area contributed by atoms with Gasteiger partial charge in [-0.3, -0.25) is 10.1 Å². The molecule has 0 bridgehead atoms. The van der Waals surface area contributed by atoms with E-state index in [2.05, 4.69) is 40.5 Å². The molecule has 2 unspecified atom stereocenters. The molecule has 156 valence electrons. The van der Waals surface area contributed by atoms with Crippen LogP contribution in [0.15, 0.2) is 35.3 Å². The highest BCUT2D eigenvalue weighted by molar-refractivity contribution is 6.03. The number of methoxy groups -OCH3 is 1. The van der Waals surface area contributed by atoms with Crippen molar-refractivity contribution in [2.75, 3.05) is 40.4 Å². The second-order valence-electron chi connectivity index (χ2n) is 8.00. The molecule has 2 fully saturated rings. The lowest BCUT2D eigenvalue weighted by Crippen LogP contribution is -2.64. The van der Waals surface area contributed by atoms with Crippen molar-refractivity contribution in [2.24, 2.45) is 10.9 Å². The molecule has 0 aliphatic carbocycles. The number of piperidine rings is 1. The maximum atomic E-state index is 12.6. The fraction of sp³-hybridized carbons (Fsp3) is 0.571. The molecular formula is C21H29N5O3. The Morgan fingerprint density at radius 3 is 2.59 bits per heavy atom. The average Bonchev–Trinajstić information content (AvgIpc) is 3.12. The number of nitrogens with one attached hydrogen (secondary N) is 1. The number of hydrogen-bond donors (Lipinski definition) is 1. The van der Waals surface area contributed by atoms with E-state index in [4.69, 9.17) is 9.73 Å². The summed E-state index contributed by atoms with van der Waals surface area (Å²) in [5.74, 6) is 1.18. The topological polar surface area (TPSA) is 77.5 Å². The highest BCUT2D eigenvalue weighted by Gasteiger charge is 2.49. The molecule has 3 aliphatic heterocycles. The Morgan fingerprint density at radius 1 is 1.17 bits per heavy atom. The van der Waals surface area contributed by atoms with E-state index < -0.39 is 18.2 Å². The molecule has 1 aromatic rings. The van der Waals surface area contributed by atoms with Crippen molar-refractivity contribution in [3.8, 4) is 0 Å². The van der Waals surface area contributed by atoms with Crippen LogP contribution in [0.4, 0.5) is 4.79 Å². The van der Waals surface area contributed by atoms with Gasteiger partial charge in [0.15, 0.2) is 18.2 Å². The van der Waals surface area contributed by atoms with Crippen LogP contribution >= 0.6 is 0 Å². The molecule has 3 heterocycles. The van der Waals surface area contributed by atoms with Crippen LogP contribution in [0.25, 0.3) is 0 Å². The Labute approximate surface area is 171 Å². The number of aliphatic imine (C=N–C) groups is 1. The Hall–Kier alpha value is -2.61. The molecule has 8 heteroatoms. The molecule has 1 aromatic carbocycles. The number of guanidine groups is 1. The molecule has 8 nitrogen and oxygen atoms in total. The zero-order valence-electron chi connectivity index (χ0n) is 17.1. The second kappa shape index (κ2) is 8.41. The van der Waals surface area contributed by atoms with E-state index in [1.165, 1.54) is 10.5 Å². The summed E-state index contributed by atoms with van der Waals surface area (Å²) in [4.78, 5) is 35.2. The summed E-state index contributed by atoms with van der Waals surface area (Å²) < 4.78 is 5.26. The number of carbonyl (C=O) groups is 2. The maximum Gasteiger partial charge on any atom is 0.325 e. The molecule has 2 atom stereocenters. The summed E-state index contributed by atoms with van der Waals surface area (Å²) in [6.07, 6.45) is 2.79. The van der Waals surface area contributed by atoms with Gasteiger partial charge < -0.3 is 19.4 Å². The third-order valence-corrected chi connectivity index (χ3v) is 6.14. The molecule has 1 N–H and O–H groups in total. The van der Waals surface area contributed by atoms with Crippen LogP contribution in [0.2, 0.25) is 0 Å². The van der Waals surface area contributed by atoms with Gasteiger partial charge >= 0.3 is 6.03 Å². The smallest absolute Gasteiger partial charge is 0.325 e.